The van der Waals surface area contributed by atoms with Crippen molar-refractivity contribution < 1.29 is 0 Å². The lowest BCUT2D eigenvalue weighted by molar-refractivity contribution is 1.13. The predicted molar refractivity (Wildman–Crippen MR) is 118 cm³/mol. The van der Waals surface area contributed by atoms with E-state index in [1.807, 2.05) is 17.8 Å². The maximum atomic E-state index is 4.19. The number of benzene rings is 3. The average Bonchev–Trinajstić information content (AvgIpc) is 2.85. The Labute approximate surface area is 165 Å². The summed E-state index contributed by atoms with van der Waals surface area (Å²) in [6.45, 7) is 8.54. The first kappa shape index (κ1) is 17.7. The van der Waals surface area contributed by atoms with Crippen molar-refractivity contribution in [1.82, 2.24) is 0 Å². The fourth-order valence-corrected chi connectivity index (χ4v) is 4.99. The number of nitrogens with one attached hydrogen (secondary N) is 1. The van der Waals surface area contributed by atoms with E-state index in [2.05, 4.69) is 98.5 Å². The minimum absolute atomic E-state index is 0.189. The molecule has 27 heavy (non-hydrogen) atoms. The molecule has 0 saturated carbocycles. The minimum Gasteiger partial charge on any atom is -0.354 e. The fraction of sp³-hybridized carbons (Fsp3) is 0.120. The highest BCUT2D eigenvalue weighted by Gasteiger charge is 2.27. The highest BCUT2D eigenvalue weighted by atomic mass is 32.2. The van der Waals surface area contributed by atoms with Gasteiger partial charge in [-0.1, -0.05) is 73.3 Å². The Balaban J connectivity index is 1.99. The predicted octanol–water partition coefficient (Wildman–Crippen LogP) is 7.16. The van der Waals surface area contributed by atoms with Gasteiger partial charge >= 0.3 is 0 Å². The first-order chi connectivity index (χ1) is 13.2. The number of thioether (sulfide) groups is 1. The lowest BCUT2D eigenvalue weighted by Crippen LogP contribution is -2.06. The van der Waals surface area contributed by atoms with Crippen molar-refractivity contribution in [2.24, 2.45) is 0 Å². The molecule has 0 spiro atoms. The van der Waals surface area contributed by atoms with Crippen molar-refractivity contribution in [2.75, 3.05) is 5.32 Å². The lowest BCUT2D eigenvalue weighted by atomic mass is 9.94. The summed E-state index contributed by atoms with van der Waals surface area (Å²) in [6.07, 6.45) is 2.02. The summed E-state index contributed by atoms with van der Waals surface area (Å²) in [5.41, 5.74) is 8.64. The number of aryl methyl sites for hydroxylation is 2. The van der Waals surface area contributed by atoms with Gasteiger partial charge in [-0.3, -0.25) is 0 Å². The van der Waals surface area contributed by atoms with Crippen LogP contribution >= 0.6 is 11.8 Å². The Morgan fingerprint density at radius 3 is 2.26 bits per heavy atom. The molecule has 3 aromatic rings. The van der Waals surface area contributed by atoms with Crippen molar-refractivity contribution >= 4 is 23.1 Å². The van der Waals surface area contributed by atoms with Gasteiger partial charge in [-0.05, 0) is 48.2 Å². The van der Waals surface area contributed by atoms with Crippen LogP contribution in [-0.2, 0) is 0 Å². The zero-order chi connectivity index (χ0) is 18.8. The number of hydrogen-bond acceptors (Lipinski definition) is 2. The third-order valence-corrected chi connectivity index (χ3v) is 6.42. The number of anilines is 1. The van der Waals surface area contributed by atoms with Gasteiger partial charge in [-0.25, -0.2) is 0 Å². The molecule has 1 heterocycles. The highest BCUT2D eigenvalue weighted by molar-refractivity contribution is 8.00. The summed E-state index contributed by atoms with van der Waals surface area (Å²) in [4.78, 5) is 1.26. The molecule has 3 aromatic carbocycles. The van der Waals surface area contributed by atoms with Crippen LogP contribution in [0.1, 0.15) is 27.5 Å². The van der Waals surface area contributed by atoms with Gasteiger partial charge in [0.25, 0.3) is 0 Å². The quantitative estimate of drug-likeness (QED) is 0.525. The van der Waals surface area contributed by atoms with Crippen LogP contribution in [0.5, 0.6) is 0 Å². The van der Waals surface area contributed by atoms with Crippen molar-refractivity contribution in [2.45, 2.75) is 24.0 Å². The van der Waals surface area contributed by atoms with Crippen LogP contribution < -0.4 is 5.32 Å². The molecule has 2 heteroatoms. The zero-order valence-corrected chi connectivity index (χ0v) is 16.5. The minimum atomic E-state index is 0.189. The highest BCUT2D eigenvalue weighted by Crippen LogP contribution is 2.49. The van der Waals surface area contributed by atoms with Crippen LogP contribution in [0, 0.1) is 13.8 Å². The second kappa shape index (κ2) is 7.50. The second-order valence-corrected chi connectivity index (χ2v) is 7.97. The molecule has 1 aliphatic rings. The zero-order valence-electron chi connectivity index (χ0n) is 15.7. The lowest BCUT2D eigenvalue weighted by Gasteiger charge is -2.21. The summed E-state index contributed by atoms with van der Waals surface area (Å²) in [7, 11) is 0. The summed E-state index contributed by atoms with van der Waals surface area (Å²) < 4.78 is 0. The Morgan fingerprint density at radius 1 is 0.852 bits per heavy atom. The summed E-state index contributed by atoms with van der Waals surface area (Å²) in [6, 6.07) is 25.7. The Kier molecular flexibility index (Phi) is 4.91. The van der Waals surface area contributed by atoms with Crippen LogP contribution in [-0.4, -0.2) is 0 Å². The third kappa shape index (κ3) is 3.33. The monoisotopic (exact) mass is 369 g/mol. The van der Waals surface area contributed by atoms with Gasteiger partial charge in [-0.15, -0.1) is 11.8 Å². The standard InChI is InChI=1S/C25H23NS/c1-4-19-24(20-13-7-5-11-17(20)2)26-22-15-9-10-16-23(22)27-25(19)21-14-8-6-12-18(21)3/h4-16,25-26H,1H2,2-3H3. The second-order valence-electron chi connectivity index (χ2n) is 6.83. The molecule has 1 aliphatic heterocycles. The number of hydrogen-bond donors (Lipinski definition) is 1. The maximum Gasteiger partial charge on any atom is 0.0617 e. The molecular formula is C25H23NS. The van der Waals surface area contributed by atoms with Gasteiger partial charge in [-0.2, -0.15) is 0 Å². The van der Waals surface area contributed by atoms with E-state index in [-0.39, 0.29) is 5.25 Å². The first-order valence-electron chi connectivity index (χ1n) is 9.20. The van der Waals surface area contributed by atoms with Crippen molar-refractivity contribution in [3.8, 4) is 0 Å². The van der Waals surface area contributed by atoms with Crippen molar-refractivity contribution in [3.63, 3.8) is 0 Å². The molecule has 0 saturated heterocycles. The van der Waals surface area contributed by atoms with E-state index >= 15 is 0 Å². The fourth-order valence-electron chi connectivity index (χ4n) is 3.60. The topological polar surface area (TPSA) is 12.0 Å². The molecule has 0 radical (unpaired) electrons. The number of allylic oxidation sites excluding steroid dienone is 1. The van der Waals surface area contributed by atoms with Crippen LogP contribution in [0.15, 0.2) is 95.9 Å². The Bertz CT molecular complexity index is 1030. The first-order valence-corrected chi connectivity index (χ1v) is 10.1. The van der Waals surface area contributed by atoms with E-state index in [0.29, 0.717) is 0 Å². The van der Waals surface area contributed by atoms with E-state index in [9.17, 15) is 0 Å². The molecule has 1 atom stereocenters. The Hall–Kier alpha value is -2.71. The molecular weight excluding hydrogens is 346 g/mol. The van der Waals surface area contributed by atoms with Gasteiger partial charge in [0.2, 0.25) is 0 Å². The van der Waals surface area contributed by atoms with E-state index in [4.69, 9.17) is 0 Å². The van der Waals surface area contributed by atoms with E-state index < -0.39 is 0 Å². The normalized spacial score (nSPS) is 16.3. The molecule has 1 unspecified atom stereocenters. The molecule has 134 valence electrons. The summed E-state index contributed by atoms with van der Waals surface area (Å²) in [5.74, 6) is 0. The van der Waals surface area contributed by atoms with Crippen LogP contribution in [0.25, 0.3) is 5.70 Å². The molecule has 0 amide bonds. The van der Waals surface area contributed by atoms with Crippen molar-refractivity contribution in [3.05, 3.63) is 113 Å². The SMILES string of the molecule is C=CC1=C(c2ccccc2C)Nc2ccccc2SC1c1ccccc1C. The summed E-state index contributed by atoms with van der Waals surface area (Å²) >= 11 is 1.89. The molecule has 0 fully saturated rings. The molecule has 1 N–H and O–H groups in total. The van der Waals surface area contributed by atoms with E-state index in [1.165, 1.54) is 32.7 Å². The van der Waals surface area contributed by atoms with Crippen LogP contribution in [0.4, 0.5) is 5.69 Å². The molecule has 4 rings (SSSR count). The molecule has 0 aromatic heterocycles. The third-order valence-electron chi connectivity index (χ3n) is 5.07. The number of para-hydroxylation sites is 1. The summed E-state index contributed by atoms with van der Waals surface area (Å²) in [5, 5.41) is 3.91. The molecule has 0 bridgehead atoms. The van der Waals surface area contributed by atoms with Gasteiger partial charge in [0.05, 0.1) is 16.6 Å². The van der Waals surface area contributed by atoms with Gasteiger partial charge in [0, 0.05) is 10.5 Å². The average molecular weight is 370 g/mol. The van der Waals surface area contributed by atoms with Crippen LogP contribution in [0.3, 0.4) is 0 Å². The number of fused-ring (bicyclic) bond motifs is 1. The van der Waals surface area contributed by atoms with Gasteiger partial charge < -0.3 is 5.32 Å². The van der Waals surface area contributed by atoms with Gasteiger partial charge in [0.1, 0.15) is 0 Å². The van der Waals surface area contributed by atoms with Crippen LogP contribution in [0.2, 0.25) is 0 Å². The number of rotatable bonds is 3. The largest absolute Gasteiger partial charge is 0.354 e. The molecule has 1 nitrogen and oxygen atoms in total. The maximum absolute atomic E-state index is 4.19. The van der Waals surface area contributed by atoms with E-state index in [0.717, 1.165) is 11.4 Å². The molecule has 0 aliphatic carbocycles. The Morgan fingerprint density at radius 2 is 1.52 bits per heavy atom. The van der Waals surface area contributed by atoms with Gasteiger partial charge in [0.15, 0.2) is 0 Å². The van der Waals surface area contributed by atoms with E-state index in [1.54, 1.807) is 0 Å². The van der Waals surface area contributed by atoms with Crippen molar-refractivity contribution in [1.29, 1.82) is 0 Å². The smallest absolute Gasteiger partial charge is 0.0617 e.